The van der Waals surface area contributed by atoms with E-state index in [4.69, 9.17) is 11.6 Å². The van der Waals surface area contributed by atoms with Gasteiger partial charge in [0.15, 0.2) is 0 Å². The number of rotatable bonds is 6. The maximum atomic E-state index is 12.8. The minimum absolute atomic E-state index is 0.0446. The van der Waals surface area contributed by atoms with Gasteiger partial charge in [0.1, 0.15) is 0 Å². The molecule has 0 atom stereocenters. The molecule has 0 aliphatic rings. The summed E-state index contributed by atoms with van der Waals surface area (Å²) in [5.74, 6) is -0.602. The molecule has 3 aromatic rings. The van der Waals surface area contributed by atoms with Crippen molar-refractivity contribution in [2.24, 2.45) is 0 Å². The molecule has 0 radical (unpaired) electrons. The van der Waals surface area contributed by atoms with E-state index in [1.165, 1.54) is 6.20 Å². The number of aromatic nitrogens is 2. The molecule has 1 heterocycles. The third kappa shape index (κ3) is 5.09. The molecule has 2 aromatic carbocycles. The van der Waals surface area contributed by atoms with Gasteiger partial charge in [-0.05, 0) is 60.9 Å². The van der Waals surface area contributed by atoms with Crippen LogP contribution in [0.3, 0.4) is 0 Å². The van der Waals surface area contributed by atoms with E-state index in [1.807, 2.05) is 51.1 Å². The lowest BCUT2D eigenvalue weighted by molar-refractivity contribution is -0.115. The summed E-state index contributed by atoms with van der Waals surface area (Å²) in [6.07, 6.45) is 1.52. The standard InChI is InChI=1S/C22H22BrClN4O2/c1-13(2)21-18(11-26-28(21)17-7-5-16(24)6-8-17)22(30)25-12-20(29)27-19-9-4-15(23)10-14(19)3/h4-11,13H,12H2,1-3H3,(H,25,30)(H,27,29). The predicted octanol–water partition coefficient (Wildman–Crippen LogP) is 5.09. The molecule has 6 nitrogen and oxygen atoms in total. The van der Waals surface area contributed by atoms with E-state index in [2.05, 4.69) is 31.7 Å². The van der Waals surface area contributed by atoms with Crippen LogP contribution in [0.4, 0.5) is 5.69 Å². The Bertz CT molecular complexity index is 1080. The zero-order valence-electron chi connectivity index (χ0n) is 16.9. The highest BCUT2D eigenvalue weighted by molar-refractivity contribution is 9.10. The first-order chi connectivity index (χ1) is 14.3. The first-order valence-corrected chi connectivity index (χ1v) is 10.6. The van der Waals surface area contributed by atoms with Crippen LogP contribution < -0.4 is 10.6 Å². The third-order valence-corrected chi connectivity index (χ3v) is 5.29. The number of amides is 2. The van der Waals surface area contributed by atoms with Crippen molar-refractivity contribution in [1.29, 1.82) is 0 Å². The van der Waals surface area contributed by atoms with Gasteiger partial charge in [0.25, 0.3) is 5.91 Å². The van der Waals surface area contributed by atoms with Gasteiger partial charge in [0, 0.05) is 15.2 Å². The van der Waals surface area contributed by atoms with Gasteiger partial charge in [-0.1, -0.05) is 41.4 Å². The smallest absolute Gasteiger partial charge is 0.255 e. The van der Waals surface area contributed by atoms with Crippen LogP contribution in [0.25, 0.3) is 5.69 Å². The summed E-state index contributed by atoms with van der Waals surface area (Å²) >= 11 is 9.36. The summed E-state index contributed by atoms with van der Waals surface area (Å²) in [7, 11) is 0. The molecule has 156 valence electrons. The van der Waals surface area contributed by atoms with E-state index in [-0.39, 0.29) is 24.3 Å². The predicted molar refractivity (Wildman–Crippen MR) is 123 cm³/mol. The Hall–Kier alpha value is -2.64. The van der Waals surface area contributed by atoms with Crippen molar-refractivity contribution >= 4 is 45.0 Å². The van der Waals surface area contributed by atoms with Crippen LogP contribution in [0.2, 0.25) is 5.02 Å². The van der Waals surface area contributed by atoms with E-state index in [1.54, 1.807) is 16.8 Å². The molecule has 2 amide bonds. The van der Waals surface area contributed by atoms with E-state index in [0.29, 0.717) is 16.3 Å². The van der Waals surface area contributed by atoms with Crippen molar-refractivity contribution in [3.63, 3.8) is 0 Å². The molecule has 30 heavy (non-hydrogen) atoms. The number of carbonyl (C=O) groups is 2. The van der Waals surface area contributed by atoms with Gasteiger partial charge in [0.05, 0.1) is 29.7 Å². The second kappa shape index (κ2) is 9.45. The van der Waals surface area contributed by atoms with Crippen molar-refractivity contribution < 1.29 is 9.59 Å². The van der Waals surface area contributed by atoms with Gasteiger partial charge >= 0.3 is 0 Å². The lowest BCUT2D eigenvalue weighted by atomic mass is 10.1. The fourth-order valence-electron chi connectivity index (χ4n) is 3.09. The van der Waals surface area contributed by atoms with E-state index >= 15 is 0 Å². The van der Waals surface area contributed by atoms with Gasteiger partial charge in [0.2, 0.25) is 5.91 Å². The number of benzene rings is 2. The number of nitrogens with one attached hydrogen (secondary N) is 2. The molecule has 0 saturated heterocycles. The second-order valence-electron chi connectivity index (χ2n) is 7.18. The quantitative estimate of drug-likeness (QED) is 0.506. The van der Waals surface area contributed by atoms with Crippen molar-refractivity contribution in [2.45, 2.75) is 26.7 Å². The second-order valence-corrected chi connectivity index (χ2v) is 8.53. The van der Waals surface area contributed by atoms with E-state index in [0.717, 1.165) is 21.4 Å². The van der Waals surface area contributed by atoms with Gasteiger partial charge in [-0.15, -0.1) is 0 Å². The number of hydrogen-bond donors (Lipinski definition) is 2. The van der Waals surface area contributed by atoms with Crippen LogP contribution in [0, 0.1) is 6.92 Å². The number of aryl methyl sites for hydroxylation is 1. The first-order valence-electron chi connectivity index (χ1n) is 9.44. The Kier molecular flexibility index (Phi) is 6.95. The van der Waals surface area contributed by atoms with Crippen LogP contribution in [0.15, 0.2) is 53.1 Å². The van der Waals surface area contributed by atoms with Crippen LogP contribution >= 0.6 is 27.5 Å². The molecule has 2 N–H and O–H groups in total. The zero-order valence-corrected chi connectivity index (χ0v) is 19.2. The van der Waals surface area contributed by atoms with Gasteiger partial charge in [-0.3, -0.25) is 9.59 Å². The largest absolute Gasteiger partial charge is 0.343 e. The third-order valence-electron chi connectivity index (χ3n) is 4.54. The molecule has 0 unspecified atom stereocenters. The molecule has 0 saturated carbocycles. The summed E-state index contributed by atoms with van der Waals surface area (Å²) in [4.78, 5) is 25.1. The normalized spacial score (nSPS) is 10.9. The molecule has 0 bridgehead atoms. The lowest BCUT2D eigenvalue weighted by Gasteiger charge is -2.13. The first kappa shape index (κ1) is 22.1. The zero-order chi connectivity index (χ0) is 21.8. The fourth-order valence-corrected chi connectivity index (χ4v) is 3.70. The highest BCUT2D eigenvalue weighted by Crippen LogP contribution is 2.24. The average molecular weight is 490 g/mol. The van der Waals surface area contributed by atoms with E-state index < -0.39 is 0 Å². The summed E-state index contributed by atoms with van der Waals surface area (Å²) in [6.45, 7) is 5.74. The molecule has 0 spiro atoms. The summed E-state index contributed by atoms with van der Waals surface area (Å²) < 4.78 is 2.66. The molecule has 1 aromatic heterocycles. The van der Waals surface area contributed by atoms with Crippen molar-refractivity contribution in [3.05, 3.63) is 75.0 Å². The summed E-state index contributed by atoms with van der Waals surface area (Å²) in [5, 5.41) is 10.5. The van der Waals surface area contributed by atoms with Gasteiger partial charge < -0.3 is 10.6 Å². The number of nitrogens with zero attached hydrogens (tertiary/aromatic N) is 2. The Morgan fingerprint density at radius 2 is 1.87 bits per heavy atom. The molecular formula is C22H22BrClN4O2. The highest BCUT2D eigenvalue weighted by Gasteiger charge is 2.21. The van der Waals surface area contributed by atoms with Gasteiger partial charge in [-0.2, -0.15) is 5.10 Å². The Morgan fingerprint density at radius 3 is 2.50 bits per heavy atom. The van der Waals surface area contributed by atoms with Crippen LogP contribution in [0.5, 0.6) is 0 Å². The van der Waals surface area contributed by atoms with E-state index in [9.17, 15) is 9.59 Å². The maximum Gasteiger partial charge on any atom is 0.255 e. The summed E-state index contributed by atoms with van der Waals surface area (Å²) in [6, 6.07) is 12.8. The molecule has 0 aliphatic carbocycles. The Labute approximate surface area is 188 Å². The number of anilines is 1. The van der Waals surface area contributed by atoms with Crippen LogP contribution in [0.1, 0.15) is 41.4 Å². The van der Waals surface area contributed by atoms with Crippen molar-refractivity contribution in [1.82, 2.24) is 15.1 Å². The SMILES string of the molecule is Cc1cc(Br)ccc1NC(=O)CNC(=O)c1cnn(-c2ccc(Cl)cc2)c1C(C)C. The topological polar surface area (TPSA) is 76.0 Å². The highest BCUT2D eigenvalue weighted by atomic mass is 79.9. The monoisotopic (exact) mass is 488 g/mol. The minimum Gasteiger partial charge on any atom is -0.343 e. The Morgan fingerprint density at radius 1 is 1.17 bits per heavy atom. The number of carbonyl (C=O) groups excluding carboxylic acids is 2. The number of hydrogen-bond acceptors (Lipinski definition) is 3. The minimum atomic E-state index is -0.346. The van der Waals surface area contributed by atoms with Crippen molar-refractivity contribution in [2.75, 3.05) is 11.9 Å². The molecule has 0 fully saturated rings. The lowest BCUT2D eigenvalue weighted by Crippen LogP contribution is -2.33. The van der Waals surface area contributed by atoms with Crippen LogP contribution in [-0.4, -0.2) is 28.1 Å². The number of halogens is 2. The maximum absolute atomic E-state index is 12.8. The molecule has 8 heteroatoms. The molecule has 3 rings (SSSR count). The molecule has 0 aliphatic heterocycles. The fraction of sp³-hybridized carbons (Fsp3) is 0.227. The van der Waals surface area contributed by atoms with Crippen molar-refractivity contribution in [3.8, 4) is 5.69 Å². The Balaban J connectivity index is 1.72. The van der Waals surface area contributed by atoms with Crippen LogP contribution in [-0.2, 0) is 4.79 Å². The average Bonchev–Trinajstić information content (AvgIpc) is 3.14. The summed E-state index contributed by atoms with van der Waals surface area (Å²) in [5.41, 5.74) is 3.64. The van der Waals surface area contributed by atoms with Gasteiger partial charge in [-0.25, -0.2) is 4.68 Å². The molecular weight excluding hydrogens is 468 g/mol.